The monoisotopic (exact) mass is 342 g/mol. The van der Waals surface area contributed by atoms with Crippen LogP contribution in [0.25, 0.3) is 0 Å². The molecule has 2 rings (SSSR count). The molecule has 0 bridgehead atoms. The molecule has 0 aliphatic rings. The summed E-state index contributed by atoms with van der Waals surface area (Å²) < 4.78 is 10.1. The average Bonchev–Trinajstić information content (AvgIpc) is 2.62. The first-order valence-corrected chi connectivity index (χ1v) is 8.07. The molecule has 0 unspecified atom stereocenters. The summed E-state index contributed by atoms with van der Waals surface area (Å²) in [6.45, 7) is 2.59. The maximum atomic E-state index is 12.0. The number of ether oxygens (including phenoxy) is 2. The number of nitrogens with one attached hydrogen (secondary N) is 2. The van der Waals surface area contributed by atoms with Crippen molar-refractivity contribution in [2.75, 3.05) is 30.9 Å². The molecular formula is C19H22N2O4. The fourth-order valence-corrected chi connectivity index (χ4v) is 2.18. The number of amides is 1. The number of hydrogen-bond acceptors (Lipinski definition) is 5. The molecule has 0 aromatic heterocycles. The molecule has 0 fully saturated rings. The minimum atomic E-state index is -0.372. The van der Waals surface area contributed by atoms with Crippen molar-refractivity contribution in [3.63, 3.8) is 0 Å². The molecule has 2 aromatic carbocycles. The Bertz CT molecular complexity index is 714. The number of benzene rings is 2. The molecule has 0 atom stereocenters. The van der Waals surface area contributed by atoms with E-state index in [2.05, 4.69) is 10.6 Å². The third-order valence-corrected chi connectivity index (χ3v) is 3.43. The number of methoxy groups -OCH3 is 1. The zero-order valence-corrected chi connectivity index (χ0v) is 14.4. The largest absolute Gasteiger partial charge is 0.497 e. The summed E-state index contributed by atoms with van der Waals surface area (Å²) in [5.74, 6) is 0.276. The van der Waals surface area contributed by atoms with Gasteiger partial charge in [-0.15, -0.1) is 0 Å². The molecule has 1 amide bonds. The SMILES string of the molecule is CCOC(=O)c1ccc(NC(=O)CCNc2cccc(OC)c2)cc1. The summed E-state index contributed by atoms with van der Waals surface area (Å²) in [5.41, 5.74) is 1.99. The molecule has 0 aliphatic heterocycles. The standard InChI is InChI=1S/C19H22N2O4/c1-3-25-19(23)14-7-9-15(10-8-14)21-18(22)11-12-20-16-5-4-6-17(13-16)24-2/h4-10,13,20H,3,11-12H2,1-2H3,(H,21,22). The van der Waals surface area contributed by atoms with Gasteiger partial charge in [-0.2, -0.15) is 0 Å². The van der Waals surface area contributed by atoms with Crippen molar-refractivity contribution >= 4 is 23.3 Å². The van der Waals surface area contributed by atoms with Gasteiger partial charge in [0.05, 0.1) is 19.3 Å². The molecule has 6 nitrogen and oxygen atoms in total. The number of carbonyl (C=O) groups excluding carboxylic acids is 2. The summed E-state index contributed by atoms with van der Waals surface area (Å²) in [4.78, 5) is 23.6. The van der Waals surface area contributed by atoms with Gasteiger partial charge in [-0.05, 0) is 43.3 Å². The first-order valence-electron chi connectivity index (χ1n) is 8.07. The van der Waals surface area contributed by atoms with Gasteiger partial charge in [-0.25, -0.2) is 4.79 Å². The normalized spacial score (nSPS) is 10.0. The maximum absolute atomic E-state index is 12.0. The van der Waals surface area contributed by atoms with E-state index in [0.29, 0.717) is 30.8 Å². The Kier molecular flexibility index (Phi) is 6.83. The van der Waals surface area contributed by atoms with Crippen molar-refractivity contribution in [3.05, 3.63) is 54.1 Å². The minimum absolute atomic E-state index is 0.112. The summed E-state index contributed by atoms with van der Waals surface area (Å²) >= 11 is 0. The predicted octanol–water partition coefficient (Wildman–Crippen LogP) is 3.31. The van der Waals surface area contributed by atoms with E-state index in [9.17, 15) is 9.59 Å². The van der Waals surface area contributed by atoms with Crippen molar-refractivity contribution < 1.29 is 19.1 Å². The van der Waals surface area contributed by atoms with E-state index in [1.807, 2.05) is 24.3 Å². The lowest BCUT2D eigenvalue weighted by Crippen LogP contribution is -2.16. The molecule has 6 heteroatoms. The van der Waals surface area contributed by atoms with Crippen LogP contribution in [0.3, 0.4) is 0 Å². The fraction of sp³-hybridized carbons (Fsp3) is 0.263. The Morgan fingerprint density at radius 2 is 1.80 bits per heavy atom. The molecule has 2 aromatic rings. The van der Waals surface area contributed by atoms with Crippen molar-refractivity contribution in [2.24, 2.45) is 0 Å². The van der Waals surface area contributed by atoms with E-state index in [-0.39, 0.29) is 11.9 Å². The van der Waals surface area contributed by atoms with E-state index in [0.717, 1.165) is 11.4 Å². The molecule has 0 saturated heterocycles. The number of anilines is 2. The highest BCUT2D eigenvalue weighted by Gasteiger charge is 2.07. The molecule has 0 saturated carbocycles. The van der Waals surface area contributed by atoms with E-state index < -0.39 is 0 Å². The van der Waals surface area contributed by atoms with Crippen LogP contribution in [0.15, 0.2) is 48.5 Å². The molecule has 2 N–H and O–H groups in total. The first kappa shape index (κ1) is 18.3. The Labute approximate surface area is 147 Å². The molecule has 132 valence electrons. The van der Waals surface area contributed by atoms with E-state index >= 15 is 0 Å². The summed E-state index contributed by atoms with van der Waals surface area (Å²) in [6.07, 6.45) is 0.316. The highest BCUT2D eigenvalue weighted by Crippen LogP contribution is 2.16. The second kappa shape index (κ2) is 9.32. The summed E-state index contributed by atoms with van der Waals surface area (Å²) in [5, 5.41) is 5.97. The Balaban J connectivity index is 1.79. The van der Waals surface area contributed by atoms with Gasteiger partial charge in [-0.1, -0.05) is 6.07 Å². The van der Waals surface area contributed by atoms with Gasteiger partial charge in [0.2, 0.25) is 5.91 Å². The molecule has 25 heavy (non-hydrogen) atoms. The van der Waals surface area contributed by atoms with E-state index in [4.69, 9.17) is 9.47 Å². The summed E-state index contributed by atoms with van der Waals surface area (Å²) in [7, 11) is 1.61. The Morgan fingerprint density at radius 3 is 2.48 bits per heavy atom. The molecule has 0 heterocycles. The fourth-order valence-electron chi connectivity index (χ4n) is 2.18. The topological polar surface area (TPSA) is 76.7 Å². The van der Waals surface area contributed by atoms with Crippen LogP contribution >= 0.6 is 0 Å². The van der Waals surface area contributed by atoms with Crippen molar-refractivity contribution in [2.45, 2.75) is 13.3 Å². The van der Waals surface area contributed by atoms with Gasteiger partial charge in [-0.3, -0.25) is 4.79 Å². The highest BCUT2D eigenvalue weighted by atomic mass is 16.5. The zero-order valence-electron chi connectivity index (χ0n) is 14.4. The number of hydrogen-bond donors (Lipinski definition) is 2. The average molecular weight is 342 g/mol. The quantitative estimate of drug-likeness (QED) is 0.720. The lowest BCUT2D eigenvalue weighted by atomic mass is 10.2. The minimum Gasteiger partial charge on any atom is -0.497 e. The van der Waals surface area contributed by atoms with Crippen LogP contribution in [0, 0.1) is 0 Å². The molecule has 0 aliphatic carbocycles. The molecule has 0 spiro atoms. The van der Waals surface area contributed by atoms with Gasteiger partial charge in [0.25, 0.3) is 0 Å². The van der Waals surface area contributed by atoms with E-state index in [1.165, 1.54) is 0 Å². The van der Waals surface area contributed by atoms with Crippen LogP contribution in [-0.2, 0) is 9.53 Å². The Morgan fingerprint density at radius 1 is 1.04 bits per heavy atom. The number of rotatable bonds is 8. The smallest absolute Gasteiger partial charge is 0.338 e. The van der Waals surface area contributed by atoms with Crippen molar-refractivity contribution in [3.8, 4) is 5.75 Å². The molecular weight excluding hydrogens is 320 g/mol. The molecule has 0 radical (unpaired) electrons. The summed E-state index contributed by atoms with van der Waals surface area (Å²) in [6, 6.07) is 14.1. The van der Waals surface area contributed by atoms with Crippen LogP contribution < -0.4 is 15.4 Å². The first-order chi connectivity index (χ1) is 12.1. The predicted molar refractivity (Wildman–Crippen MR) is 97.1 cm³/mol. The van der Waals surface area contributed by atoms with Gasteiger partial charge in [0, 0.05) is 30.4 Å². The zero-order chi connectivity index (χ0) is 18.1. The van der Waals surface area contributed by atoms with Crippen LogP contribution in [0.2, 0.25) is 0 Å². The van der Waals surface area contributed by atoms with Gasteiger partial charge in [0.1, 0.15) is 5.75 Å². The maximum Gasteiger partial charge on any atom is 0.338 e. The third-order valence-electron chi connectivity index (χ3n) is 3.43. The van der Waals surface area contributed by atoms with Crippen LogP contribution in [0.1, 0.15) is 23.7 Å². The van der Waals surface area contributed by atoms with Gasteiger partial charge in [0.15, 0.2) is 0 Å². The van der Waals surface area contributed by atoms with Crippen LogP contribution in [-0.4, -0.2) is 32.1 Å². The number of carbonyl (C=O) groups is 2. The van der Waals surface area contributed by atoms with Gasteiger partial charge < -0.3 is 20.1 Å². The van der Waals surface area contributed by atoms with Crippen molar-refractivity contribution in [1.82, 2.24) is 0 Å². The lowest BCUT2D eigenvalue weighted by Gasteiger charge is -2.09. The Hall–Kier alpha value is -3.02. The highest BCUT2D eigenvalue weighted by molar-refractivity contribution is 5.93. The lowest BCUT2D eigenvalue weighted by molar-refractivity contribution is -0.115. The van der Waals surface area contributed by atoms with Crippen molar-refractivity contribution in [1.29, 1.82) is 0 Å². The second-order valence-electron chi connectivity index (χ2n) is 5.25. The van der Waals surface area contributed by atoms with E-state index in [1.54, 1.807) is 38.3 Å². The third kappa shape index (κ3) is 5.84. The number of esters is 1. The van der Waals surface area contributed by atoms with Crippen LogP contribution in [0.5, 0.6) is 5.75 Å². The second-order valence-corrected chi connectivity index (χ2v) is 5.25. The van der Waals surface area contributed by atoms with Crippen LogP contribution in [0.4, 0.5) is 11.4 Å². The van der Waals surface area contributed by atoms with Gasteiger partial charge >= 0.3 is 5.97 Å².